The summed E-state index contributed by atoms with van der Waals surface area (Å²) in [5.74, 6) is 0.541. The van der Waals surface area contributed by atoms with Crippen molar-refractivity contribution in [1.82, 2.24) is 0 Å². The number of hydrogen-bond acceptors (Lipinski definition) is 2. The Morgan fingerprint density at radius 3 is 2.92 bits per heavy atom. The van der Waals surface area contributed by atoms with E-state index in [1.807, 2.05) is 0 Å². The molecule has 1 heterocycles. The van der Waals surface area contributed by atoms with E-state index >= 15 is 0 Å². The number of rotatable bonds is 1. The van der Waals surface area contributed by atoms with Crippen LogP contribution in [-0.4, -0.2) is 0 Å². The van der Waals surface area contributed by atoms with Crippen molar-refractivity contribution in [2.75, 3.05) is 0 Å². The van der Waals surface area contributed by atoms with E-state index in [0.717, 1.165) is 9.77 Å². The molecule has 0 unspecified atom stereocenters. The Morgan fingerprint density at radius 1 is 1.46 bits per heavy atom. The van der Waals surface area contributed by atoms with Crippen molar-refractivity contribution in [2.45, 2.75) is 10.1 Å². The summed E-state index contributed by atoms with van der Waals surface area (Å²) in [4.78, 5) is 0. The molecule has 4 heteroatoms. The monoisotopic (exact) mass is 340 g/mol. The number of alkyl halides is 1. The molecule has 0 aliphatic heterocycles. The summed E-state index contributed by atoms with van der Waals surface area (Å²) in [6, 6.07) is 6.27. The van der Waals surface area contributed by atoms with Crippen LogP contribution in [-0.2, 0) is 5.88 Å². The molecule has 0 N–H and O–H groups in total. The predicted octanol–water partition coefficient (Wildman–Crippen LogP) is 4.53. The number of halogens is 2. The van der Waals surface area contributed by atoms with Gasteiger partial charge in [0.25, 0.3) is 0 Å². The Balaban J connectivity index is 2.88. The van der Waals surface area contributed by atoms with Crippen LogP contribution in [0.4, 0.5) is 0 Å². The van der Waals surface area contributed by atoms with Gasteiger partial charge in [-0.15, -0.1) is 35.6 Å². The Morgan fingerprint density at radius 2 is 2.23 bits per heavy atom. The molecular weight excluding hydrogens is 335 g/mol. The molecule has 0 aliphatic carbocycles. The molecule has 13 heavy (non-hydrogen) atoms. The van der Waals surface area contributed by atoms with Gasteiger partial charge in [0, 0.05) is 25.1 Å². The molecule has 2 rings (SSSR count). The van der Waals surface area contributed by atoms with Gasteiger partial charge >= 0.3 is 0 Å². The van der Waals surface area contributed by atoms with E-state index in [2.05, 4.69) is 53.4 Å². The van der Waals surface area contributed by atoms with E-state index in [1.54, 1.807) is 11.3 Å². The molecule has 0 radical (unpaired) electrons. The van der Waals surface area contributed by atoms with Crippen molar-refractivity contribution >= 4 is 68.2 Å². The SMILES string of the molecule is Sc1sc2cccc(I)c2c1CCl. The summed E-state index contributed by atoms with van der Waals surface area (Å²) >= 11 is 14.3. The summed E-state index contributed by atoms with van der Waals surface area (Å²) in [6.45, 7) is 0. The molecule has 0 bridgehead atoms. The van der Waals surface area contributed by atoms with E-state index < -0.39 is 0 Å². The van der Waals surface area contributed by atoms with Crippen LogP contribution in [0, 0.1) is 3.57 Å². The number of benzene rings is 1. The highest BCUT2D eigenvalue weighted by Gasteiger charge is 2.10. The van der Waals surface area contributed by atoms with E-state index in [1.165, 1.54) is 13.7 Å². The smallest absolute Gasteiger partial charge is 0.0625 e. The van der Waals surface area contributed by atoms with Gasteiger partial charge in [-0.2, -0.15) is 0 Å². The molecule has 0 saturated heterocycles. The number of thiol groups is 1. The van der Waals surface area contributed by atoms with Crippen LogP contribution in [0.2, 0.25) is 0 Å². The first kappa shape index (κ1) is 10.1. The average Bonchev–Trinajstić information content (AvgIpc) is 2.42. The minimum absolute atomic E-state index is 0.541. The molecule has 2 aromatic rings. The summed E-state index contributed by atoms with van der Waals surface area (Å²) < 4.78 is 3.56. The van der Waals surface area contributed by atoms with Gasteiger partial charge in [-0.1, -0.05) is 6.07 Å². The number of fused-ring (bicyclic) bond motifs is 1. The molecule has 0 amide bonds. The highest BCUT2D eigenvalue weighted by Crippen LogP contribution is 2.37. The van der Waals surface area contributed by atoms with Crippen molar-refractivity contribution in [2.24, 2.45) is 0 Å². The Bertz CT molecular complexity index is 450. The van der Waals surface area contributed by atoms with Crippen LogP contribution in [0.3, 0.4) is 0 Å². The second kappa shape index (κ2) is 3.96. The van der Waals surface area contributed by atoms with Gasteiger partial charge in [0.1, 0.15) is 0 Å². The van der Waals surface area contributed by atoms with Crippen molar-refractivity contribution < 1.29 is 0 Å². The maximum Gasteiger partial charge on any atom is 0.0625 e. The van der Waals surface area contributed by atoms with Crippen molar-refractivity contribution in [3.63, 3.8) is 0 Å². The van der Waals surface area contributed by atoms with Gasteiger partial charge in [-0.05, 0) is 34.7 Å². The van der Waals surface area contributed by atoms with E-state index in [-0.39, 0.29) is 0 Å². The first-order chi connectivity index (χ1) is 6.24. The lowest BCUT2D eigenvalue weighted by atomic mass is 10.2. The van der Waals surface area contributed by atoms with Crippen LogP contribution < -0.4 is 0 Å². The van der Waals surface area contributed by atoms with Crippen LogP contribution >= 0.6 is 58.2 Å². The van der Waals surface area contributed by atoms with E-state index in [4.69, 9.17) is 11.6 Å². The third-order valence-electron chi connectivity index (χ3n) is 1.88. The lowest BCUT2D eigenvalue weighted by molar-refractivity contribution is 1.39. The van der Waals surface area contributed by atoms with Crippen LogP contribution in [0.1, 0.15) is 5.56 Å². The second-order valence-electron chi connectivity index (χ2n) is 2.63. The number of hydrogen-bond donors (Lipinski definition) is 1. The van der Waals surface area contributed by atoms with E-state index in [9.17, 15) is 0 Å². The summed E-state index contributed by atoms with van der Waals surface area (Å²) in [5.41, 5.74) is 1.16. The first-order valence-electron chi connectivity index (χ1n) is 3.69. The second-order valence-corrected chi connectivity index (χ2v) is 5.86. The first-order valence-corrected chi connectivity index (χ1v) is 6.56. The molecule has 0 saturated carbocycles. The highest BCUT2D eigenvalue weighted by atomic mass is 127. The third kappa shape index (κ3) is 1.71. The zero-order valence-electron chi connectivity index (χ0n) is 6.55. The van der Waals surface area contributed by atoms with Gasteiger partial charge in [0.15, 0.2) is 0 Å². The summed E-state index contributed by atoms with van der Waals surface area (Å²) in [6.07, 6.45) is 0. The lowest BCUT2D eigenvalue weighted by Crippen LogP contribution is -1.78. The lowest BCUT2D eigenvalue weighted by Gasteiger charge is -1.96. The highest BCUT2D eigenvalue weighted by molar-refractivity contribution is 14.1. The molecule has 0 spiro atoms. The Labute approximate surface area is 105 Å². The minimum Gasteiger partial charge on any atom is -0.132 e. The van der Waals surface area contributed by atoms with Crippen molar-refractivity contribution in [3.05, 3.63) is 27.3 Å². The molecular formula is C9H6ClIS2. The maximum atomic E-state index is 5.88. The van der Waals surface area contributed by atoms with Gasteiger partial charge in [0.2, 0.25) is 0 Å². The molecule has 0 aliphatic rings. The number of thiophene rings is 1. The Hall–Kier alpha value is 0.550. The molecule has 0 nitrogen and oxygen atoms in total. The fourth-order valence-electron chi connectivity index (χ4n) is 1.28. The van der Waals surface area contributed by atoms with Crippen molar-refractivity contribution in [1.29, 1.82) is 0 Å². The molecule has 1 aromatic carbocycles. The third-order valence-corrected chi connectivity index (χ3v) is 4.59. The maximum absolute atomic E-state index is 5.88. The largest absolute Gasteiger partial charge is 0.132 e. The van der Waals surface area contributed by atoms with Crippen molar-refractivity contribution in [3.8, 4) is 0 Å². The predicted molar refractivity (Wildman–Crippen MR) is 71.4 cm³/mol. The van der Waals surface area contributed by atoms with Gasteiger partial charge in [-0.3, -0.25) is 0 Å². The summed E-state index contributed by atoms with van der Waals surface area (Å²) in [5, 5.41) is 1.27. The van der Waals surface area contributed by atoms with Gasteiger partial charge in [-0.25, -0.2) is 0 Å². The fourth-order valence-corrected chi connectivity index (χ4v) is 4.20. The fraction of sp³-hybridized carbons (Fsp3) is 0.111. The van der Waals surface area contributed by atoms with Crippen LogP contribution in [0.5, 0.6) is 0 Å². The van der Waals surface area contributed by atoms with Gasteiger partial charge < -0.3 is 0 Å². The molecule has 68 valence electrons. The Kier molecular flexibility index (Phi) is 3.07. The standard InChI is InChI=1S/C9H6ClIS2/c10-4-5-8-6(11)2-1-3-7(8)13-9(5)12/h1-3,12H,4H2. The normalized spacial score (nSPS) is 11.0. The zero-order chi connectivity index (χ0) is 9.42. The average molecular weight is 341 g/mol. The van der Waals surface area contributed by atoms with Crippen LogP contribution in [0.25, 0.3) is 10.1 Å². The topological polar surface area (TPSA) is 0 Å². The quantitative estimate of drug-likeness (QED) is 0.440. The summed E-state index contributed by atoms with van der Waals surface area (Å²) in [7, 11) is 0. The van der Waals surface area contributed by atoms with E-state index in [0.29, 0.717) is 5.88 Å². The van der Waals surface area contributed by atoms with Gasteiger partial charge in [0.05, 0.1) is 4.21 Å². The van der Waals surface area contributed by atoms with Crippen LogP contribution in [0.15, 0.2) is 22.4 Å². The molecule has 1 aromatic heterocycles. The zero-order valence-corrected chi connectivity index (χ0v) is 11.2. The molecule has 0 fully saturated rings. The molecule has 0 atom stereocenters. The minimum atomic E-state index is 0.541.